The third-order valence-corrected chi connectivity index (χ3v) is 3.99. The van der Waals surface area contributed by atoms with Gasteiger partial charge in [0.25, 0.3) is 11.8 Å². The highest BCUT2D eigenvalue weighted by Crippen LogP contribution is 2.13. The predicted octanol–water partition coefficient (Wildman–Crippen LogP) is 1.39. The first-order valence-electron chi connectivity index (χ1n) is 8.25. The lowest BCUT2D eigenvalue weighted by atomic mass is 10.1. The van der Waals surface area contributed by atoms with E-state index in [-0.39, 0.29) is 11.8 Å². The Kier molecular flexibility index (Phi) is 6.52. The summed E-state index contributed by atoms with van der Waals surface area (Å²) in [4.78, 5) is 32.7. The normalized spacial score (nSPS) is 15.3. The zero-order valence-corrected chi connectivity index (χ0v) is 14.0. The first-order valence-corrected chi connectivity index (χ1v) is 8.25. The van der Waals surface area contributed by atoms with Crippen molar-refractivity contribution in [1.82, 2.24) is 20.1 Å². The molecule has 0 aromatic carbocycles. The lowest BCUT2D eigenvalue weighted by molar-refractivity contribution is 0.0761. The van der Waals surface area contributed by atoms with Crippen molar-refractivity contribution in [3.63, 3.8) is 0 Å². The Morgan fingerprint density at radius 1 is 1.13 bits per heavy atom. The Morgan fingerprint density at radius 3 is 2.43 bits per heavy atom. The van der Waals surface area contributed by atoms with Crippen LogP contribution in [0.1, 0.15) is 46.4 Å². The molecule has 6 nitrogen and oxygen atoms in total. The standard InChI is InChI=1S/C17H26N4O2/c1-20(2)10-7-19-16(22)14-11-15(13-18-12-14)17(23)21-8-5-3-4-6-9-21/h11-13H,3-10H2,1-2H3,(H,19,22). The Labute approximate surface area is 137 Å². The van der Waals surface area contributed by atoms with Crippen molar-refractivity contribution < 1.29 is 9.59 Å². The maximum Gasteiger partial charge on any atom is 0.255 e. The summed E-state index contributed by atoms with van der Waals surface area (Å²) >= 11 is 0. The lowest BCUT2D eigenvalue weighted by Crippen LogP contribution is -2.33. The van der Waals surface area contributed by atoms with Crippen LogP contribution in [0.4, 0.5) is 0 Å². The van der Waals surface area contributed by atoms with E-state index < -0.39 is 0 Å². The van der Waals surface area contributed by atoms with Crippen LogP contribution in [0.25, 0.3) is 0 Å². The Hall–Kier alpha value is -1.95. The number of rotatable bonds is 5. The average molecular weight is 318 g/mol. The van der Waals surface area contributed by atoms with Gasteiger partial charge in [-0.25, -0.2) is 0 Å². The van der Waals surface area contributed by atoms with Gasteiger partial charge < -0.3 is 15.1 Å². The van der Waals surface area contributed by atoms with E-state index in [2.05, 4.69) is 10.3 Å². The van der Waals surface area contributed by atoms with E-state index >= 15 is 0 Å². The molecule has 1 aromatic heterocycles. The van der Waals surface area contributed by atoms with Crippen molar-refractivity contribution in [1.29, 1.82) is 0 Å². The minimum Gasteiger partial charge on any atom is -0.351 e. The van der Waals surface area contributed by atoms with E-state index in [4.69, 9.17) is 0 Å². The number of aromatic nitrogens is 1. The van der Waals surface area contributed by atoms with Crippen LogP contribution in [0.5, 0.6) is 0 Å². The highest BCUT2D eigenvalue weighted by atomic mass is 16.2. The van der Waals surface area contributed by atoms with E-state index in [1.165, 1.54) is 19.0 Å². The summed E-state index contributed by atoms with van der Waals surface area (Å²) in [6.45, 7) is 2.91. The fourth-order valence-electron chi connectivity index (χ4n) is 2.63. The summed E-state index contributed by atoms with van der Waals surface area (Å²) in [7, 11) is 3.91. The van der Waals surface area contributed by atoms with Gasteiger partial charge >= 0.3 is 0 Å². The third kappa shape index (κ3) is 5.32. The molecule has 0 spiro atoms. The minimum atomic E-state index is -0.190. The Balaban J connectivity index is 2.00. The largest absolute Gasteiger partial charge is 0.351 e. The van der Waals surface area contributed by atoms with E-state index in [0.29, 0.717) is 17.7 Å². The van der Waals surface area contributed by atoms with Crippen molar-refractivity contribution in [2.75, 3.05) is 40.3 Å². The number of carbonyl (C=O) groups excluding carboxylic acids is 2. The molecule has 0 aliphatic carbocycles. The predicted molar refractivity (Wildman–Crippen MR) is 89.5 cm³/mol. The third-order valence-electron chi connectivity index (χ3n) is 3.99. The number of likely N-dealkylation sites (tertiary alicyclic amines) is 1. The zero-order chi connectivity index (χ0) is 16.7. The Morgan fingerprint density at radius 2 is 1.78 bits per heavy atom. The van der Waals surface area contributed by atoms with Crippen LogP contribution in [0.15, 0.2) is 18.5 Å². The topological polar surface area (TPSA) is 65.5 Å². The van der Waals surface area contributed by atoms with Gasteiger partial charge in [-0.2, -0.15) is 0 Å². The van der Waals surface area contributed by atoms with Gasteiger partial charge in [0.15, 0.2) is 0 Å². The van der Waals surface area contributed by atoms with Gasteiger partial charge in [0, 0.05) is 38.6 Å². The van der Waals surface area contributed by atoms with Gasteiger partial charge in [-0.15, -0.1) is 0 Å². The molecule has 23 heavy (non-hydrogen) atoms. The molecule has 1 aliphatic heterocycles. The summed E-state index contributed by atoms with van der Waals surface area (Å²) < 4.78 is 0. The molecule has 0 radical (unpaired) electrons. The SMILES string of the molecule is CN(C)CCNC(=O)c1cncc(C(=O)N2CCCCCC2)c1. The van der Waals surface area contributed by atoms with Crippen LogP contribution in [0, 0.1) is 0 Å². The maximum atomic E-state index is 12.6. The van der Waals surface area contributed by atoms with E-state index in [9.17, 15) is 9.59 Å². The molecule has 6 heteroatoms. The van der Waals surface area contributed by atoms with Gasteiger partial charge in [0.1, 0.15) is 0 Å². The summed E-state index contributed by atoms with van der Waals surface area (Å²) in [5, 5.41) is 2.84. The molecular formula is C17H26N4O2. The monoisotopic (exact) mass is 318 g/mol. The highest BCUT2D eigenvalue weighted by molar-refractivity contribution is 5.99. The molecule has 0 unspecified atom stereocenters. The summed E-state index contributed by atoms with van der Waals surface area (Å²) in [6.07, 6.45) is 7.49. The van der Waals surface area contributed by atoms with Gasteiger partial charge in [0.2, 0.25) is 0 Å². The number of nitrogens with zero attached hydrogens (tertiary/aromatic N) is 3. The maximum absolute atomic E-state index is 12.6. The highest BCUT2D eigenvalue weighted by Gasteiger charge is 2.18. The summed E-state index contributed by atoms with van der Waals surface area (Å²) in [6, 6.07) is 1.64. The molecule has 1 fully saturated rings. The van der Waals surface area contributed by atoms with Crippen LogP contribution < -0.4 is 5.32 Å². The van der Waals surface area contributed by atoms with E-state index in [1.807, 2.05) is 23.9 Å². The molecule has 0 saturated carbocycles. The fraction of sp³-hybridized carbons (Fsp3) is 0.588. The number of nitrogens with one attached hydrogen (secondary N) is 1. The van der Waals surface area contributed by atoms with E-state index in [1.54, 1.807) is 12.3 Å². The molecule has 2 amide bonds. The van der Waals surface area contributed by atoms with Crippen LogP contribution in [0.2, 0.25) is 0 Å². The molecule has 2 rings (SSSR count). The molecule has 2 heterocycles. The van der Waals surface area contributed by atoms with Crippen LogP contribution in [0.3, 0.4) is 0 Å². The van der Waals surface area contributed by atoms with Crippen LogP contribution >= 0.6 is 0 Å². The lowest BCUT2D eigenvalue weighted by Gasteiger charge is -2.20. The second-order valence-electron chi connectivity index (χ2n) is 6.23. The molecular weight excluding hydrogens is 292 g/mol. The first-order chi connectivity index (χ1) is 11.1. The molecule has 1 N–H and O–H groups in total. The Bertz CT molecular complexity index is 537. The van der Waals surface area contributed by atoms with Crippen molar-refractivity contribution in [2.45, 2.75) is 25.7 Å². The summed E-state index contributed by atoms with van der Waals surface area (Å²) in [5.74, 6) is -0.216. The van der Waals surface area contributed by atoms with Crippen molar-refractivity contribution >= 4 is 11.8 Å². The molecule has 0 atom stereocenters. The average Bonchev–Trinajstić information content (AvgIpc) is 2.83. The molecule has 1 aliphatic rings. The molecule has 1 aromatic rings. The molecule has 1 saturated heterocycles. The fourth-order valence-corrected chi connectivity index (χ4v) is 2.63. The number of hydrogen-bond donors (Lipinski definition) is 1. The van der Waals surface area contributed by atoms with Gasteiger partial charge in [-0.3, -0.25) is 14.6 Å². The van der Waals surface area contributed by atoms with Gasteiger partial charge in [0.05, 0.1) is 11.1 Å². The van der Waals surface area contributed by atoms with Crippen molar-refractivity contribution in [2.24, 2.45) is 0 Å². The number of pyridine rings is 1. The second kappa shape index (κ2) is 8.62. The number of hydrogen-bond acceptors (Lipinski definition) is 4. The van der Waals surface area contributed by atoms with Gasteiger partial charge in [-0.1, -0.05) is 12.8 Å². The molecule has 126 valence electrons. The zero-order valence-electron chi connectivity index (χ0n) is 14.0. The number of likely N-dealkylation sites (N-methyl/N-ethyl adjacent to an activating group) is 1. The van der Waals surface area contributed by atoms with E-state index in [0.717, 1.165) is 32.5 Å². The summed E-state index contributed by atoms with van der Waals surface area (Å²) in [5.41, 5.74) is 0.927. The first kappa shape index (κ1) is 17.4. The quantitative estimate of drug-likeness (QED) is 0.891. The van der Waals surface area contributed by atoms with Crippen LogP contribution in [-0.2, 0) is 0 Å². The molecule has 0 bridgehead atoms. The smallest absolute Gasteiger partial charge is 0.255 e. The van der Waals surface area contributed by atoms with Crippen molar-refractivity contribution in [3.8, 4) is 0 Å². The minimum absolute atomic E-state index is 0.0256. The van der Waals surface area contributed by atoms with Crippen LogP contribution in [-0.4, -0.2) is 66.9 Å². The number of carbonyl (C=O) groups is 2. The van der Waals surface area contributed by atoms with Gasteiger partial charge in [-0.05, 0) is 33.0 Å². The number of amides is 2. The second-order valence-corrected chi connectivity index (χ2v) is 6.23. The van der Waals surface area contributed by atoms with Crippen molar-refractivity contribution in [3.05, 3.63) is 29.6 Å².